The highest BCUT2D eigenvalue weighted by molar-refractivity contribution is 7.13. The highest BCUT2D eigenvalue weighted by Crippen LogP contribution is 2.15. The molecule has 0 aromatic carbocycles. The van der Waals surface area contributed by atoms with Crippen LogP contribution in [0.25, 0.3) is 0 Å². The lowest BCUT2D eigenvalue weighted by molar-refractivity contribution is -0.123. The van der Waals surface area contributed by atoms with Crippen molar-refractivity contribution in [3.8, 4) is 0 Å². The summed E-state index contributed by atoms with van der Waals surface area (Å²) in [5, 5.41) is 4.49. The minimum Gasteiger partial charge on any atom is -0.467 e. The molecule has 0 spiro atoms. The molecule has 2 aromatic heterocycles. The maximum absolute atomic E-state index is 11.6. The van der Waals surface area contributed by atoms with Gasteiger partial charge in [0.25, 0.3) is 5.91 Å². The molecular formula is C14H14N2O5S. The SMILES string of the molecule is Cc1ccc(C(=O)OCC(=O)NC(=O)NCc2ccco2)s1. The van der Waals surface area contributed by atoms with Crippen LogP contribution in [0.5, 0.6) is 0 Å². The molecule has 2 rings (SSSR count). The first kappa shape index (κ1) is 15.8. The van der Waals surface area contributed by atoms with Crippen molar-refractivity contribution in [3.63, 3.8) is 0 Å². The molecule has 0 saturated carbocycles. The van der Waals surface area contributed by atoms with E-state index >= 15 is 0 Å². The third-order valence-electron chi connectivity index (χ3n) is 2.53. The smallest absolute Gasteiger partial charge is 0.348 e. The molecule has 2 aromatic rings. The fraction of sp³-hybridized carbons (Fsp3) is 0.214. The number of urea groups is 1. The molecule has 0 atom stereocenters. The van der Waals surface area contributed by atoms with Gasteiger partial charge in [0.1, 0.15) is 10.6 Å². The monoisotopic (exact) mass is 322 g/mol. The zero-order valence-electron chi connectivity index (χ0n) is 11.8. The van der Waals surface area contributed by atoms with E-state index in [0.29, 0.717) is 10.6 Å². The fourth-order valence-corrected chi connectivity index (χ4v) is 2.30. The number of amides is 3. The molecule has 0 radical (unpaired) electrons. The van der Waals surface area contributed by atoms with E-state index in [2.05, 4.69) is 5.32 Å². The third-order valence-corrected chi connectivity index (χ3v) is 3.51. The molecule has 22 heavy (non-hydrogen) atoms. The lowest BCUT2D eigenvalue weighted by Crippen LogP contribution is -2.41. The molecule has 0 bridgehead atoms. The molecule has 0 saturated heterocycles. The molecule has 0 fully saturated rings. The lowest BCUT2D eigenvalue weighted by Gasteiger charge is -2.06. The summed E-state index contributed by atoms with van der Waals surface area (Å²) >= 11 is 1.27. The molecule has 2 heterocycles. The number of thiophene rings is 1. The molecule has 0 unspecified atom stereocenters. The van der Waals surface area contributed by atoms with Crippen LogP contribution in [0.2, 0.25) is 0 Å². The fourth-order valence-electron chi connectivity index (χ4n) is 1.53. The van der Waals surface area contributed by atoms with E-state index in [0.717, 1.165) is 4.88 Å². The number of nitrogens with one attached hydrogen (secondary N) is 2. The zero-order valence-corrected chi connectivity index (χ0v) is 12.6. The highest BCUT2D eigenvalue weighted by atomic mass is 32.1. The number of esters is 1. The Morgan fingerprint density at radius 3 is 2.73 bits per heavy atom. The van der Waals surface area contributed by atoms with Gasteiger partial charge in [-0.3, -0.25) is 10.1 Å². The normalized spacial score (nSPS) is 10.0. The summed E-state index contributed by atoms with van der Waals surface area (Å²) < 4.78 is 9.84. The van der Waals surface area contributed by atoms with Gasteiger partial charge in [-0.05, 0) is 31.2 Å². The van der Waals surface area contributed by atoms with Gasteiger partial charge in [-0.25, -0.2) is 9.59 Å². The van der Waals surface area contributed by atoms with Crippen molar-refractivity contribution < 1.29 is 23.5 Å². The number of carbonyl (C=O) groups is 3. The van der Waals surface area contributed by atoms with Crippen molar-refractivity contribution in [1.29, 1.82) is 0 Å². The van der Waals surface area contributed by atoms with Crippen LogP contribution >= 0.6 is 11.3 Å². The first-order chi connectivity index (χ1) is 10.5. The van der Waals surface area contributed by atoms with Crippen LogP contribution in [-0.2, 0) is 16.1 Å². The van der Waals surface area contributed by atoms with Gasteiger partial charge in [-0.15, -0.1) is 11.3 Å². The van der Waals surface area contributed by atoms with Gasteiger partial charge in [-0.1, -0.05) is 0 Å². The summed E-state index contributed by atoms with van der Waals surface area (Å²) in [6.45, 7) is 1.49. The van der Waals surface area contributed by atoms with Crippen LogP contribution in [-0.4, -0.2) is 24.5 Å². The molecule has 0 aliphatic carbocycles. The second kappa shape index (κ2) is 7.41. The molecule has 3 amide bonds. The standard InChI is InChI=1S/C14H14N2O5S/c1-9-4-5-11(22-9)13(18)21-8-12(17)16-14(19)15-7-10-3-2-6-20-10/h2-6H,7-8H2,1H3,(H2,15,16,17,19). The van der Waals surface area contributed by atoms with Gasteiger partial charge in [-0.2, -0.15) is 0 Å². The average Bonchev–Trinajstić information content (AvgIpc) is 3.14. The molecular weight excluding hydrogens is 308 g/mol. The number of aryl methyl sites for hydroxylation is 1. The summed E-state index contributed by atoms with van der Waals surface area (Å²) in [7, 11) is 0. The maximum Gasteiger partial charge on any atom is 0.348 e. The second-order valence-corrected chi connectivity index (χ2v) is 5.58. The first-order valence-electron chi connectivity index (χ1n) is 6.38. The van der Waals surface area contributed by atoms with E-state index in [9.17, 15) is 14.4 Å². The van der Waals surface area contributed by atoms with Crippen LogP contribution in [0.1, 0.15) is 20.3 Å². The molecule has 2 N–H and O–H groups in total. The number of rotatable bonds is 5. The predicted molar refractivity (Wildman–Crippen MR) is 78.4 cm³/mol. The molecule has 0 aliphatic rings. The van der Waals surface area contributed by atoms with Crippen LogP contribution in [0.3, 0.4) is 0 Å². The van der Waals surface area contributed by atoms with Crippen LogP contribution in [0, 0.1) is 6.92 Å². The van der Waals surface area contributed by atoms with E-state index < -0.39 is 24.5 Å². The van der Waals surface area contributed by atoms with Crippen molar-refractivity contribution in [3.05, 3.63) is 46.0 Å². The van der Waals surface area contributed by atoms with E-state index in [-0.39, 0.29) is 6.54 Å². The van der Waals surface area contributed by atoms with Gasteiger partial charge in [0.05, 0.1) is 12.8 Å². The van der Waals surface area contributed by atoms with Crippen molar-refractivity contribution in [2.24, 2.45) is 0 Å². The Balaban J connectivity index is 1.68. The average molecular weight is 322 g/mol. The summed E-state index contributed by atoms with van der Waals surface area (Å²) in [5.41, 5.74) is 0. The van der Waals surface area contributed by atoms with Crippen molar-refractivity contribution in [2.45, 2.75) is 13.5 Å². The number of carbonyl (C=O) groups excluding carboxylic acids is 3. The van der Waals surface area contributed by atoms with E-state index in [1.54, 1.807) is 24.3 Å². The number of hydrogen-bond acceptors (Lipinski definition) is 6. The number of hydrogen-bond donors (Lipinski definition) is 2. The van der Waals surface area contributed by atoms with Gasteiger partial charge in [0.2, 0.25) is 0 Å². The second-order valence-electron chi connectivity index (χ2n) is 4.30. The highest BCUT2D eigenvalue weighted by Gasteiger charge is 2.13. The van der Waals surface area contributed by atoms with E-state index in [4.69, 9.17) is 9.15 Å². The minimum absolute atomic E-state index is 0.153. The Bertz CT molecular complexity index is 663. The largest absolute Gasteiger partial charge is 0.467 e. The third kappa shape index (κ3) is 4.74. The zero-order chi connectivity index (χ0) is 15.9. The number of furan rings is 1. The van der Waals surface area contributed by atoms with Crippen LogP contribution < -0.4 is 10.6 Å². The number of imide groups is 1. The van der Waals surface area contributed by atoms with Gasteiger partial charge in [0, 0.05) is 4.88 Å². The first-order valence-corrected chi connectivity index (χ1v) is 7.20. The quantitative estimate of drug-likeness (QED) is 0.819. The minimum atomic E-state index is -0.710. The van der Waals surface area contributed by atoms with Crippen molar-refractivity contribution in [2.75, 3.05) is 6.61 Å². The van der Waals surface area contributed by atoms with Gasteiger partial charge in [0.15, 0.2) is 6.61 Å². The summed E-state index contributed by atoms with van der Waals surface area (Å²) in [6.07, 6.45) is 1.48. The number of ether oxygens (including phenoxy) is 1. The Hall–Kier alpha value is -2.61. The van der Waals surface area contributed by atoms with Crippen molar-refractivity contribution >= 4 is 29.2 Å². The lowest BCUT2D eigenvalue weighted by atomic mass is 10.4. The Labute approximate surface area is 130 Å². The van der Waals surface area contributed by atoms with E-state index in [1.807, 2.05) is 12.2 Å². The molecule has 0 aliphatic heterocycles. The topological polar surface area (TPSA) is 97.6 Å². The summed E-state index contributed by atoms with van der Waals surface area (Å²) in [6, 6.07) is 6.09. The summed E-state index contributed by atoms with van der Waals surface area (Å²) in [4.78, 5) is 35.9. The van der Waals surface area contributed by atoms with Crippen LogP contribution in [0.4, 0.5) is 4.79 Å². The Morgan fingerprint density at radius 2 is 2.09 bits per heavy atom. The molecule has 7 nitrogen and oxygen atoms in total. The predicted octanol–water partition coefficient (Wildman–Crippen LogP) is 1.83. The maximum atomic E-state index is 11.6. The Kier molecular flexibility index (Phi) is 5.31. The molecule has 116 valence electrons. The summed E-state index contributed by atoms with van der Waals surface area (Å²) in [5.74, 6) is -0.745. The van der Waals surface area contributed by atoms with E-state index in [1.165, 1.54) is 17.6 Å². The Morgan fingerprint density at radius 1 is 1.27 bits per heavy atom. The van der Waals surface area contributed by atoms with Crippen LogP contribution in [0.15, 0.2) is 34.9 Å². The molecule has 8 heteroatoms. The van der Waals surface area contributed by atoms with Gasteiger partial charge < -0.3 is 14.5 Å². The van der Waals surface area contributed by atoms with Crippen molar-refractivity contribution in [1.82, 2.24) is 10.6 Å². The van der Waals surface area contributed by atoms with Gasteiger partial charge >= 0.3 is 12.0 Å².